The minimum absolute atomic E-state index is 0.368. The molecular formula is C25H29ClFN5O. The number of aliphatic hydroxyl groups is 1. The van der Waals surface area contributed by atoms with E-state index in [1.54, 1.807) is 18.2 Å². The lowest BCUT2D eigenvalue weighted by atomic mass is 10.1. The Bertz CT molecular complexity index is 1060. The summed E-state index contributed by atoms with van der Waals surface area (Å²) in [7, 11) is 0. The summed E-state index contributed by atoms with van der Waals surface area (Å²) in [5.41, 5.74) is 2.87. The lowest BCUT2D eigenvalue weighted by molar-refractivity contribution is 0.208. The largest absolute Gasteiger partial charge is 0.381 e. The first kappa shape index (κ1) is 24.5. The van der Waals surface area contributed by atoms with Crippen molar-refractivity contribution < 1.29 is 9.50 Å². The number of nitrogens with one attached hydrogen (secondary N) is 3. The van der Waals surface area contributed by atoms with Gasteiger partial charge in [-0.1, -0.05) is 49.7 Å². The van der Waals surface area contributed by atoms with Crippen LogP contribution in [0.25, 0.3) is 0 Å². The molecule has 1 unspecified atom stereocenters. The Labute approximate surface area is 198 Å². The monoisotopic (exact) mass is 469 g/mol. The van der Waals surface area contributed by atoms with Crippen molar-refractivity contribution in [1.82, 2.24) is 9.88 Å². The van der Waals surface area contributed by atoms with Crippen molar-refractivity contribution in [2.75, 3.05) is 23.7 Å². The third kappa shape index (κ3) is 6.43. The van der Waals surface area contributed by atoms with E-state index < -0.39 is 12.0 Å². The molecule has 1 aliphatic heterocycles. The highest BCUT2D eigenvalue weighted by Gasteiger charge is 2.18. The Balaban J connectivity index is 0.00000149. The first-order valence-corrected chi connectivity index (χ1v) is 11.4. The van der Waals surface area contributed by atoms with E-state index in [1.165, 1.54) is 18.3 Å². The van der Waals surface area contributed by atoms with Crippen LogP contribution < -0.4 is 10.6 Å². The molecule has 0 bridgehead atoms. The summed E-state index contributed by atoms with van der Waals surface area (Å²) in [4.78, 5) is 6.14. The van der Waals surface area contributed by atoms with Gasteiger partial charge in [0.1, 0.15) is 17.5 Å². The molecule has 33 heavy (non-hydrogen) atoms. The molecule has 4 rings (SSSR count). The lowest BCUT2D eigenvalue weighted by Crippen LogP contribution is -2.42. The maximum atomic E-state index is 13.9. The van der Waals surface area contributed by atoms with Gasteiger partial charge in [-0.05, 0) is 42.3 Å². The van der Waals surface area contributed by atoms with Gasteiger partial charge in [0.15, 0.2) is 6.23 Å². The SMILES string of the molecule is CC.N=C(c1ccc(CNc2ccc(F)cc2C(O)Nc2ccc(Cl)cn2)cc1)N1CCC1. The van der Waals surface area contributed by atoms with Crippen LogP contribution in [0.4, 0.5) is 15.9 Å². The first-order chi connectivity index (χ1) is 16.0. The second-order valence-electron chi connectivity index (χ2n) is 7.38. The van der Waals surface area contributed by atoms with Gasteiger partial charge >= 0.3 is 0 Å². The number of amidine groups is 1. The minimum atomic E-state index is -1.16. The highest BCUT2D eigenvalue weighted by Crippen LogP contribution is 2.26. The van der Waals surface area contributed by atoms with Gasteiger partial charge < -0.3 is 20.6 Å². The van der Waals surface area contributed by atoms with E-state index in [9.17, 15) is 9.50 Å². The Kier molecular flexibility index (Phi) is 8.63. The standard InChI is InChI=1S/C23H23ClFN5O.C2H6/c24-17-6-9-21(28-14-17)29-23(31)19-12-18(25)7-8-20(19)27-13-15-2-4-16(5-3-15)22(26)30-10-1-11-30;1-2/h2-9,12,14,23,26-27,31H,1,10-11,13H2,(H,28,29);1-2H3. The molecule has 3 aromatic rings. The van der Waals surface area contributed by atoms with Crippen molar-refractivity contribution >= 4 is 28.9 Å². The number of benzene rings is 2. The molecule has 0 amide bonds. The summed E-state index contributed by atoms with van der Waals surface area (Å²) >= 11 is 5.84. The second kappa shape index (κ2) is 11.6. The number of rotatable bonds is 7. The van der Waals surface area contributed by atoms with Crippen LogP contribution in [0.3, 0.4) is 0 Å². The molecule has 0 radical (unpaired) electrons. The quantitative estimate of drug-likeness (QED) is 0.204. The maximum Gasteiger partial charge on any atom is 0.154 e. The summed E-state index contributed by atoms with van der Waals surface area (Å²) in [5.74, 6) is 0.531. The number of anilines is 2. The van der Waals surface area contributed by atoms with Crippen LogP contribution in [-0.2, 0) is 6.54 Å². The summed E-state index contributed by atoms with van der Waals surface area (Å²) in [6.07, 6.45) is 1.44. The van der Waals surface area contributed by atoms with E-state index in [-0.39, 0.29) is 0 Å². The zero-order valence-electron chi connectivity index (χ0n) is 18.8. The molecule has 1 aliphatic rings. The Morgan fingerprint density at radius 2 is 1.88 bits per heavy atom. The molecule has 2 aromatic carbocycles. The smallest absolute Gasteiger partial charge is 0.154 e. The van der Waals surface area contributed by atoms with E-state index in [2.05, 4.69) is 15.6 Å². The molecule has 8 heteroatoms. The molecule has 2 heterocycles. The fourth-order valence-electron chi connectivity index (χ4n) is 3.30. The van der Waals surface area contributed by atoms with E-state index in [4.69, 9.17) is 17.0 Å². The fourth-order valence-corrected chi connectivity index (χ4v) is 3.41. The highest BCUT2D eigenvalue weighted by atomic mass is 35.5. The maximum absolute atomic E-state index is 13.9. The fraction of sp³-hybridized carbons (Fsp3) is 0.280. The molecule has 174 valence electrons. The zero-order chi connectivity index (χ0) is 23.8. The molecule has 4 N–H and O–H groups in total. The van der Waals surface area contributed by atoms with E-state index in [0.29, 0.717) is 34.5 Å². The van der Waals surface area contributed by atoms with E-state index >= 15 is 0 Å². The highest BCUT2D eigenvalue weighted by molar-refractivity contribution is 6.30. The second-order valence-corrected chi connectivity index (χ2v) is 7.82. The van der Waals surface area contributed by atoms with Gasteiger partial charge in [0.25, 0.3) is 0 Å². The van der Waals surface area contributed by atoms with Gasteiger partial charge in [-0.25, -0.2) is 9.37 Å². The van der Waals surface area contributed by atoms with Crippen LogP contribution in [-0.4, -0.2) is 33.9 Å². The number of hydrogen-bond donors (Lipinski definition) is 4. The number of hydrogen-bond acceptors (Lipinski definition) is 5. The van der Waals surface area contributed by atoms with Crippen LogP contribution in [0.1, 0.15) is 43.2 Å². The third-order valence-corrected chi connectivity index (χ3v) is 5.43. The zero-order valence-corrected chi connectivity index (χ0v) is 19.5. The number of pyridine rings is 1. The number of aromatic nitrogens is 1. The van der Waals surface area contributed by atoms with Gasteiger partial charge in [-0.2, -0.15) is 0 Å². The van der Waals surface area contributed by atoms with Gasteiger partial charge in [-0.15, -0.1) is 0 Å². The van der Waals surface area contributed by atoms with Crippen molar-refractivity contribution in [3.05, 3.63) is 88.3 Å². The van der Waals surface area contributed by atoms with Crippen molar-refractivity contribution in [3.63, 3.8) is 0 Å². The van der Waals surface area contributed by atoms with Crippen molar-refractivity contribution in [1.29, 1.82) is 5.41 Å². The first-order valence-electron chi connectivity index (χ1n) is 11.0. The average molecular weight is 470 g/mol. The number of nitrogens with zero attached hydrogens (tertiary/aromatic N) is 2. The van der Waals surface area contributed by atoms with E-state index in [0.717, 1.165) is 30.6 Å². The summed E-state index contributed by atoms with van der Waals surface area (Å²) in [5, 5.41) is 25.4. The summed E-state index contributed by atoms with van der Waals surface area (Å²) in [6.45, 7) is 6.37. The summed E-state index contributed by atoms with van der Waals surface area (Å²) < 4.78 is 13.9. The van der Waals surface area contributed by atoms with Crippen molar-refractivity contribution in [3.8, 4) is 0 Å². The predicted molar refractivity (Wildman–Crippen MR) is 132 cm³/mol. The lowest BCUT2D eigenvalue weighted by Gasteiger charge is -2.33. The molecule has 1 fully saturated rings. The van der Waals surface area contributed by atoms with Gasteiger partial charge in [0.2, 0.25) is 0 Å². The molecule has 6 nitrogen and oxygen atoms in total. The van der Waals surface area contributed by atoms with Crippen LogP contribution in [0.15, 0.2) is 60.8 Å². The van der Waals surface area contributed by atoms with Crippen LogP contribution in [0, 0.1) is 11.2 Å². The number of halogens is 2. The molecule has 0 aliphatic carbocycles. The predicted octanol–water partition coefficient (Wildman–Crippen LogP) is 5.65. The van der Waals surface area contributed by atoms with Crippen molar-refractivity contribution in [2.24, 2.45) is 0 Å². The van der Waals surface area contributed by atoms with Crippen LogP contribution in [0.5, 0.6) is 0 Å². The average Bonchev–Trinajstić information content (AvgIpc) is 2.80. The van der Waals surface area contributed by atoms with Crippen molar-refractivity contribution in [2.45, 2.75) is 33.0 Å². The van der Waals surface area contributed by atoms with Gasteiger partial charge in [-0.3, -0.25) is 5.41 Å². The molecule has 1 aromatic heterocycles. The molecule has 0 saturated carbocycles. The van der Waals surface area contributed by atoms with Gasteiger partial charge in [0.05, 0.1) is 5.02 Å². The Hall–Kier alpha value is -3.16. The number of aliphatic hydroxyl groups excluding tert-OH is 1. The van der Waals surface area contributed by atoms with Crippen LogP contribution in [0.2, 0.25) is 5.02 Å². The molecular weight excluding hydrogens is 441 g/mol. The van der Waals surface area contributed by atoms with Gasteiger partial charge in [0, 0.05) is 42.6 Å². The Morgan fingerprint density at radius 3 is 2.48 bits per heavy atom. The third-order valence-electron chi connectivity index (χ3n) is 5.20. The normalized spacial score (nSPS) is 13.3. The summed E-state index contributed by atoms with van der Waals surface area (Å²) in [6, 6.07) is 15.3. The van der Waals surface area contributed by atoms with E-state index in [1.807, 2.05) is 43.0 Å². The molecule has 1 saturated heterocycles. The Morgan fingerprint density at radius 1 is 1.15 bits per heavy atom. The topological polar surface area (TPSA) is 84.3 Å². The number of likely N-dealkylation sites (tertiary alicyclic amines) is 1. The molecule has 0 spiro atoms. The van der Waals surface area contributed by atoms with Crippen LogP contribution >= 0.6 is 11.6 Å². The molecule has 1 atom stereocenters. The minimum Gasteiger partial charge on any atom is -0.381 e.